The van der Waals surface area contributed by atoms with Gasteiger partial charge in [0.25, 0.3) is 5.91 Å². The number of amides is 1. The molecule has 0 aliphatic rings. The van der Waals surface area contributed by atoms with Crippen LogP contribution in [-0.4, -0.2) is 33.2 Å². The summed E-state index contributed by atoms with van der Waals surface area (Å²) in [4.78, 5) is 19.6. The Labute approximate surface area is 149 Å². The lowest BCUT2D eigenvalue weighted by atomic mass is 10.1. The molecule has 0 unspecified atom stereocenters. The molecule has 130 valence electrons. The molecular formula is C19H17N5O2. The Balaban J connectivity index is 1.49. The number of fused-ring (bicyclic) bond motifs is 1. The molecule has 3 N–H and O–H groups in total. The van der Waals surface area contributed by atoms with Gasteiger partial charge in [0.05, 0.1) is 12.8 Å². The van der Waals surface area contributed by atoms with E-state index in [9.17, 15) is 4.79 Å². The van der Waals surface area contributed by atoms with E-state index in [1.54, 1.807) is 25.6 Å². The lowest BCUT2D eigenvalue weighted by molar-refractivity contribution is 0.0946. The minimum Gasteiger partial charge on any atom is -0.497 e. The number of rotatable bonds is 5. The molecule has 26 heavy (non-hydrogen) atoms. The standard InChI is InChI=1S/C19H17N5O2/c1-26-14-5-2-4-12(8-14)10-22-19(25)16-9-13(11-21-16)17-15-6-3-7-20-18(15)24-23-17/h2-9,11,21H,10H2,1H3,(H,22,25)(H,20,23,24). The number of nitrogens with one attached hydrogen (secondary N) is 3. The zero-order valence-electron chi connectivity index (χ0n) is 14.1. The largest absolute Gasteiger partial charge is 0.497 e. The van der Waals surface area contributed by atoms with Gasteiger partial charge in [0.2, 0.25) is 0 Å². The number of ether oxygens (including phenoxy) is 1. The minimum absolute atomic E-state index is 0.180. The fourth-order valence-corrected chi connectivity index (χ4v) is 2.80. The molecule has 4 aromatic rings. The van der Waals surface area contributed by atoms with Crippen LogP contribution in [0.5, 0.6) is 5.75 Å². The van der Waals surface area contributed by atoms with E-state index in [2.05, 4.69) is 25.5 Å². The van der Waals surface area contributed by atoms with Crippen LogP contribution in [-0.2, 0) is 6.54 Å². The molecule has 0 aliphatic heterocycles. The van der Waals surface area contributed by atoms with Crippen LogP contribution in [0.4, 0.5) is 0 Å². The van der Waals surface area contributed by atoms with Crippen LogP contribution in [0.25, 0.3) is 22.3 Å². The average molecular weight is 347 g/mol. The predicted molar refractivity (Wildman–Crippen MR) is 97.8 cm³/mol. The van der Waals surface area contributed by atoms with Gasteiger partial charge in [-0.2, -0.15) is 5.10 Å². The summed E-state index contributed by atoms with van der Waals surface area (Å²) in [5.74, 6) is 0.583. The summed E-state index contributed by atoms with van der Waals surface area (Å²) in [5.41, 5.74) is 3.78. The van der Waals surface area contributed by atoms with Crippen LogP contribution < -0.4 is 10.1 Å². The maximum atomic E-state index is 12.4. The average Bonchev–Trinajstić information content (AvgIpc) is 3.33. The van der Waals surface area contributed by atoms with Crippen LogP contribution in [0.3, 0.4) is 0 Å². The number of benzene rings is 1. The third kappa shape index (κ3) is 3.02. The molecule has 7 nitrogen and oxygen atoms in total. The van der Waals surface area contributed by atoms with E-state index < -0.39 is 0 Å². The van der Waals surface area contributed by atoms with Crippen LogP contribution in [0.1, 0.15) is 16.1 Å². The Bertz CT molecular complexity index is 1070. The van der Waals surface area contributed by atoms with Gasteiger partial charge in [-0.25, -0.2) is 4.98 Å². The topological polar surface area (TPSA) is 95.7 Å². The number of carbonyl (C=O) groups excluding carboxylic acids is 1. The van der Waals surface area contributed by atoms with Gasteiger partial charge in [-0.05, 0) is 35.9 Å². The summed E-state index contributed by atoms with van der Waals surface area (Å²) < 4.78 is 5.19. The molecule has 4 rings (SSSR count). The van der Waals surface area contributed by atoms with Crippen LogP contribution in [0.15, 0.2) is 54.9 Å². The smallest absolute Gasteiger partial charge is 0.267 e. The van der Waals surface area contributed by atoms with Crippen LogP contribution in [0, 0.1) is 0 Å². The molecule has 7 heteroatoms. The highest BCUT2D eigenvalue weighted by atomic mass is 16.5. The summed E-state index contributed by atoms with van der Waals surface area (Å²) in [6, 6.07) is 13.2. The molecule has 0 bridgehead atoms. The number of aromatic nitrogens is 4. The minimum atomic E-state index is -0.180. The van der Waals surface area contributed by atoms with Crippen molar-refractivity contribution in [2.24, 2.45) is 0 Å². The Kier molecular flexibility index (Phi) is 4.10. The summed E-state index contributed by atoms with van der Waals surface area (Å²) in [5, 5.41) is 11.0. The van der Waals surface area contributed by atoms with E-state index in [1.807, 2.05) is 36.4 Å². The highest BCUT2D eigenvalue weighted by Gasteiger charge is 2.13. The Hall–Kier alpha value is -3.61. The SMILES string of the molecule is COc1cccc(CNC(=O)c2cc(-c3[nH]nc4ncccc34)c[nH]2)c1. The maximum Gasteiger partial charge on any atom is 0.267 e. The second-order valence-electron chi connectivity index (χ2n) is 5.81. The molecule has 0 saturated heterocycles. The molecule has 0 spiro atoms. The quantitative estimate of drug-likeness (QED) is 0.517. The van der Waals surface area contributed by atoms with Crippen molar-refractivity contribution < 1.29 is 9.53 Å². The number of pyridine rings is 1. The van der Waals surface area contributed by atoms with E-state index in [0.717, 1.165) is 28.0 Å². The lowest BCUT2D eigenvalue weighted by Crippen LogP contribution is -2.23. The first-order valence-electron chi connectivity index (χ1n) is 8.13. The number of hydrogen-bond acceptors (Lipinski definition) is 4. The number of nitrogens with zero attached hydrogens (tertiary/aromatic N) is 2. The fourth-order valence-electron chi connectivity index (χ4n) is 2.80. The molecule has 0 fully saturated rings. The van der Waals surface area contributed by atoms with Crippen molar-refractivity contribution in [1.82, 2.24) is 25.5 Å². The van der Waals surface area contributed by atoms with Gasteiger partial charge in [0.1, 0.15) is 11.4 Å². The second kappa shape index (κ2) is 6.72. The van der Waals surface area contributed by atoms with Crippen molar-refractivity contribution >= 4 is 16.9 Å². The van der Waals surface area contributed by atoms with Gasteiger partial charge in [-0.3, -0.25) is 9.89 Å². The molecule has 1 amide bonds. The third-order valence-corrected chi connectivity index (χ3v) is 4.13. The summed E-state index contributed by atoms with van der Waals surface area (Å²) in [6.07, 6.45) is 3.47. The van der Waals surface area contributed by atoms with Gasteiger partial charge in [0.15, 0.2) is 5.65 Å². The Morgan fingerprint density at radius 1 is 1.23 bits per heavy atom. The molecule has 1 aromatic carbocycles. The normalized spacial score (nSPS) is 10.8. The number of methoxy groups -OCH3 is 1. The molecule has 0 atom stereocenters. The van der Waals surface area contributed by atoms with Crippen LogP contribution >= 0.6 is 0 Å². The molecule has 0 aliphatic carbocycles. The number of hydrogen-bond donors (Lipinski definition) is 3. The Morgan fingerprint density at radius 2 is 2.15 bits per heavy atom. The number of aromatic amines is 2. The molecule has 0 saturated carbocycles. The summed E-state index contributed by atoms with van der Waals surface area (Å²) in [6.45, 7) is 0.418. The highest BCUT2D eigenvalue weighted by molar-refractivity contribution is 5.96. The number of carbonyl (C=O) groups is 1. The van der Waals surface area contributed by atoms with Crippen molar-refractivity contribution in [3.63, 3.8) is 0 Å². The third-order valence-electron chi connectivity index (χ3n) is 4.13. The first kappa shape index (κ1) is 15.9. The summed E-state index contributed by atoms with van der Waals surface area (Å²) in [7, 11) is 1.62. The monoisotopic (exact) mass is 347 g/mol. The number of H-pyrrole nitrogens is 2. The van der Waals surface area contributed by atoms with Gasteiger partial charge >= 0.3 is 0 Å². The van der Waals surface area contributed by atoms with E-state index >= 15 is 0 Å². The molecule has 3 aromatic heterocycles. The van der Waals surface area contributed by atoms with Gasteiger partial charge in [-0.15, -0.1) is 0 Å². The lowest BCUT2D eigenvalue weighted by Gasteiger charge is -2.06. The van der Waals surface area contributed by atoms with E-state index in [1.165, 1.54) is 0 Å². The highest BCUT2D eigenvalue weighted by Crippen LogP contribution is 2.25. The van der Waals surface area contributed by atoms with Crippen molar-refractivity contribution in [2.75, 3.05) is 7.11 Å². The van der Waals surface area contributed by atoms with Crippen molar-refractivity contribution in [3.05, 3.63) is 66.1 Å². The molecule has 0 radical (unpaired) electrons. The second-order valence-corrected chi connectivity index (χ2v) is 5.81. The van der Waals surface area contributed by atoms with Crippen molar-refractivity contribution in [1.29, 1.82) is 0 Å². The zero-order valence-corrected chi connectivity index (χ0v) is 14.1. The van der Waals surface area contributed by atoms with Gasteiger partial charge in [-0.1, -0.05) is 12.1 Å². The van der Waals surface area contributed by atoms with Crippen molar-refractivity contribution in [2.45, 2.75) is 6.54 Å². The molecular weight excluding hydrogens is 330 g/mol. The van der Waals surface area contributed by atoms with Crippen molar-refractivity contribution in [3.8, 4) is 17.0 Å². The maximum absolute atomic E-state index is 12.4. The first-order valence-corrected chi connectivity index (χ1v) is 8.13. The summed E-state index contributed by atoms with van der Waals surface area (Å²) >= 11 is 0. The fraction of sp³-hybridized carbons (Fsp3) is 0.105. The van der Waals surface area contributed by atoms with E-state index in [4.69, 9.17) is 4.74 Å². The predicted octanol–water partition coefficient (Wildman–Crippen LogP) is 2.89. The zero-order chi connectivity index (χ0) is 17.9. The first-order chi connectivity index (χ1) is 12.7. The van der Waals surface area contributed by atoms with E-state index in [0.29, 0.717) is 17.9 Å². The van der Waals surface area contributed by atoms with Crippen LogP contribution in [0.2, 0.25) is 0 Å². The van der Waals surface area contributed by atoms with E-state index in [-0.39, 0.29) is 5.91 Å². The van der Waals surface area contributed by atoms with Gasteiger partial charge in [0, 0.05) is 29.9 Å². The van der Waals surface area contributed by atoms with Gasteiger partial charge < -0.3 is 15.0 Å². The Morgan fingerprint density at radius 3 is 3.04 bits per heavy atom. The molecule has 3 heterocycles.